The number of amides is 1. The lowest BCUT2D eigenvalue weighted by Crippen LogP contribution is -2.29. The van der Waals surface area contributed by atoms with Crippen LogP contribution in [0.1, 0.15) is 48.2 Å². The first kappa shape index (κ1) is 23.7. The average molecular weight is 480 g/mol. The van der Waals surface area contributed by atoms with Crippen LogP contribution in [0, 0.1) is 12.7 Å². The van der Waals surface area contributed by atoms with Gasteiger partial charge in [0.25, 0.3) is 11.7 Å². The van der Waals surface area contributed by atoms with Crippen LogP contribution in [0.15, 0.2) is 65.6 Å². The maximum atomic E-state index is 14.0. The summed E-state index contributed by atoms with van der Waals surface area (Å²) < 4.78 is 19.7. The molecule has 1 saturated heterocycles. The third kappa shape index (κ3) is 4.61. The largest absolute Gasteiger partial charge is 0.507 e. The van der Waals surface area contributed by atoms with Crippen molar-refractivity contribution in [2.45, 2.75) is 39.2 Å². The maximum absolute atomic E-state index is 14.0. The van der Waals surface area contributed by atoms with Gasteiger partial charge in [0.05, 0.1) is 12.2 Å². The van der Waals surface area contributed by atoms with Gasteiger partial charge in [-0.15, -0.1) is 11.3 Å². The van der Waals surface area contributed by atoms with Crippen molar-refractivity contribution < 1.29 is 23.8 Å². The highest BCUT2D eigenvalue weighted by molar-refractivity contribution is 7.10. The summed E-state index contributed by atoms with van der Waals surface area (Å²) >= 11 is 1.38. The maximum Gasteiger partial charge on any atom is 0.300 e. The van der Waals surface area contributed by atoms with Crippen molar-refractivity contribution in [2.75, 3.05) is 11.5 Å². The van der Waals surface area contributed by atoms with E-state index in [1.54, 1.807) is 30.3 Å². The SMILES string of the molecule is CCCCCOc1ccc(/C(O)=C2/C(=O)C(=O)N(c3cccc(F)c3)C2c2sccc2C)cc1. The summed E-state index contributed by atoms with van der Waals surface area (Å²) in [5, 5.41) is 13.1. The van der Waals surface area contributed by atoms with E-state index in [1.807, 2.05) is 18.4 Å². The van der Waals surface area contributed by atoms with Gasteiger partial charge < -0.3 is 9.84 Å². The van der Waals surface area contributed by atoms with Crippen LogP contribution in [0.25, 0.3) is 5.76 Å². The Bertz CT molecular complexity index is 1230. The van der Waals surface area contributed by atoms with Gasteiger partial charge in [0.15, 0.2) is 0 Å². The molecule has 1 atom stereocenters. The van der Waals surface area contributed by atoms with E-state index in [4.69, 9.17) is 4.74 Å². The molecule has 176 valence electrons. The summed E-state index contributed by atoms with van der Waals surface area (Å²) in [7, 11) is 0. The van der Waals surface area contributed by atoms with Crippen LogP contribution in [-0.4, -0.2) is 23.4 Å². The minimum absolute atomic E-state index is 0.0172. The number of hydrogen-bond donors (Lipinski definition) is 1. The fourth-order valence-electron chi connectivity index (χ4n) is 4.04. The lowest BCUT2D eigenvalue weighted by atomic mass is 9.98. The van der Waals surface area contributed by atoms with Gasteiger partial charge in [-0.05, 0) is 72.8 Å². The van der Waals surface area contributed by atoms with E-state index in [-0.39, 0.29) is 17.0 Å². The predicted octanol–water partition coefficient (Wildman–Crippen LogP) is 6.39. The number of benzene rings is 2. The van der Waals surface area contributed by atoms with E-state index in [0.717, 1.165) is 29.7 Å². The molecular formula is C27H26FNO4S. The molecule has 1 amide bonds. The highest BCUT2D eigenvalue weighted by atomic mass is 32.1. The molecule has 3 aromatic rings. The second kappa shape index (κ2) is 10.2. The fraction of sp³-hybridized carbons (Fsp3) is 0.259. The van der Waals surface area contributed by atoms with E-state index in [1.165, 1.54) is 34.4 Å². The molecule has 1 aliphatic rings. The summed E-state index contributed by atoms with van der Waals surface area (Å²) in [6, 6.07) is 13.4. The summed E-state index contributed by atoms with van der Waals surface area (Å²) in [6.07, 6.45) is 3.16. The summed E-state index contributed by atoms with van der Waals surface area (Å²) in [5.74, 6) is -1.73. The molecule has 7 heteroatoms. The number of unbranched alkanes of at least 4 members (excludes halogenated alkanes) is 2. The van der Waals surface area contributed by atoms with E-state index in [0.29, 0.717) is 17.9 Å². The number of thiophene rings is 1. The van der Waals surface area contributed by atoms with Crippen molar-refractivity contribution in [3.63, 3.8) is 0 Å². The fourth-order valence-corrected chi connectivity index (χ4v) is 5.07. The normalized spacial score (nSPS) is 17.4. The molecule has 0 bridgehead atoms. The molecule has 0 saturated carbocycles. The number of ketones is 1. The third-order valence-corrected chi connectivity index (χ3v) is 6.90. The van der Waals surface area contributed by atoms with Crippen LogP contribution in [0.2, 0.25) is 0 Å². The molecule has 1 fully saturated rings. The standard InChI is InChI=1S/C27H26FNO4S/c1-3-4-5-14-33-21-11-9-18(10-12-21)24(30)22-23(26-17(2)13-15-34-26)29(27(32)25(22)31)20-8-6-7-19(28)16-20/h6-13,15-16,23,30H,3-5,14H2,1-2H3/b24-22-. The topological polar surface area (TPSA) is 66.8 Å². The first-order valence-electron chi connectivity index (χ1n) is 11.3. The number of anilines is 1. The van der Waals surface area contributed by atoms with Crippen LogP contribution in [0.4, 0.5) is 10.1 Å². The molecule has 0 aliphatic carbocycles. The zero-order valence-corrected chi connectivity index (χ0v) is 19.9. The molecule has 0 spiro atoms. The number of hydrogen-bond acceptors (Lipinski definition) is 5. The van der Waals surface area contributed by atoms with Crippen LogP contribution in [-0.2, 0) is 9.59 Å². The number of rotatable bonds is 8. The Morgan fingerprint density at radius 3 is 2.53 bits per heavy atom. The molecular weight excluding hydrogens is 453 g/mol. The minimum Gasteiger partial charge on any atom is -0.507 e. The zero-order chi connectivity index (χ0) is 24.2. The van der Waals surface area contributed by atoms with Gasteiger partial charge in [-0.2, -0.15) is 0 Å². The molecule has 1 aliphatic heterocycles. The average Bonchev–Trinajstić information content (AvgIpc) is 3.37. The van der Waals surface area contributed by atoms with E-state index in [9.17, 15) is 19.1 Å². The van der Waals surface area contributed by atoms with Gasteiger partial charge in [0.1, 0.15) is 23.4 Å². The predicted molar refractivity (Wildman–Crippen MR) is 132 cm³/mol. The monoisotopic (exact) mass is 479 g/mol. The van der Waals surface area contributed by atoms with Crippen molar-refractivity contribution in [2.24, 2.45) is 0 Å². The zero-order valence-electron chi connectivity index (χ0n) is 19.1. The van der Waals surface area contributed by atoms with Gasteiger partial charge in [-0.1, -0.05) is 25.8 Å². The van der Waals surface area contributed by atoms with Crippen LogP contribution in [0.5, 0.6) is 5.75 Å². The second-order valence-electron chi connectivity index (χ2n) is 8.20. The number of carbonyl (C=O) groups is 2. The van der Waals surface area contributed by atoms with E-state index < -0.39 is 23.5 Å². The summed E-state index contributed by atoms with van der Waals surface area (Å²) in [4.78, 5) is 28.3. The number of carbonyl (C=O) groups excluding carboxylic acids is 2. The Kier molecular flexibility index (Phi) is 7.12. The molecule has 2 aromatic carbocycles. The molecule has 0 radical (unpaired) electrons. The Morgan fingerprint density at radius 2 is 1.88 bits per heavy atom. The number of aliphatic hydroxyl groups is 1. The molecule has 4 rings (SSSR count). The highest BCUT2D eigenvalue weighted by Crippen LogP contribution is 2.44. The van der Waals surface area contributed by atoms with E-state index in [2.05, 4.69) is 6.92 Å². The van der Waals surface area contributed by atoms with Gasteiger partial charge in [-0.3, -0.25) is 14.5 Å². The minimum atomic E-state index is -0.855. The Labute approximate surface area is 202 Å². The van der Waals surface area contributed by atoms with Gasteiger partial charge >= 0.3 is 0 Å². The number of aryl methyl sites for hydroxylation is 1. The van der Waals surface area contributed by atoms with Crippen molar-refractivity contribution in [3.05, 3.63) is 87.4 Å². The number of nitrogens with zero attached hydrogens (tertiary/aromatic N) is 1. The van der Waals surface area contributed by atoms with Crippen molar-refractivity contribution in [1.82, 2.24) is 0 Å². The molecule has 34 heavy (non-hydrogen) atoms. The van der Waals surface area contributed by atoms with E-state index >= 15 is 0 Å². The molecule has 1 aromatic heterocycles. The summed E-state index contributed by atoms with van der Waals surface area (Å²) in [5.41, 5.74) is 1.52. The van der Waals surface area contributed by atoms with Crippen molar-refractivity contribution in [1.29, 1.82) is 0 Å². The van der Waals surface area contributed by atoms with Crippen LogP contribution >= 0.6 is 11.3 Å². The smallest absolute Gasteiger partial charge is 0.300 e. The number of ether oxygens (including phenoxy) is 1. The van der Waals surface area contributed by atoms with Crippen LogP contribution in [0.3, 0.4) is 0 Å². The number of Topliss-reactive ketones (excluding diaryl/α,β-unsaturated/α-hetero) is 1. The highest BCUT2D eigenvalue weighted by Gasteiger charge is 2.48. The van der Waals surface area contributed by atoms with Crippen LogP contribution < -0.4 is 9.64 Å². The van der Waals surface area contributed by atoms with Crippen molar-refractivity contribution >= 4 is 34.5 Å². The first-order chi connectivity index (χ1) is 16.4. The van der Waals surface area contributed by atoms with Gasteiger partial charge in [0, 0.05) is 16.1 Å². The van der Waals surface area contributed by atoms with Crippen molar-refractivity contribution in [3.8, 4) is 5.75 Å². The first-order valence-corrected chi connectivity index (χ1v) is 12.1. The molecule has 5 nitrogen and oxygen atoms in total. The number of halogens is 1. The van der Waals surface area contributed by atoms with Gasteiger partial charge in [-0.25, -0.2) is 4.39 Å². The molecule has 2 heterocycles. The molecule has 1 N–H and O–H groups in total. The molecule has 1 unspecified atom stereocenters. The summed E-state index contributed by atoms with van der Waals surface area (Å²) in [6.45, 7) is 4.61. The quantitative estimate of drug-likeness (QED) is 0.176. The Hall–Kier alpha value is -3.45. The van der Waals surface area contributed by atoms with Gasteiger partial charge in [0.2, 0.25) is 0 Å². The lowest BCUT2D eigenvalue weighted by Gasteiger charge is -2.25. The Balaban J connectivity index is 1.75. The second-order valence-corrected chi connectivity index (χ2v) is 9.14. The lowest BCUT2D eigenvalue weighted by molar-refractivity contribution is -0.132. The Morgan fingerprint density at radius 1 is 1.12 bits per heavy atom. The third-order valence-electron chi connectivity index (χ3n) is 5.83. The number of aliphatic hydroxyl groups excluding tert-OH is 1.